The van der Waals surface area contributed by atoms with Crippen LogP contribution in [0.5, 0.6) is 0 Å². The van der Waals surface area contributed by atoms with Crippen LogP contribution in [0.15, 0.2) is 48.7 Å². The second-order valence-electron chi connectivity index (χ2n) is 5.44. The third-order valence-electron chi connectivity index (χ3n) is 3.71. The quantitative estimate of drug-likeness (QED) is 0.759. The van der Waals surface area contributed by atoms with Crippen LogP contribution in [0, 0.1) is 19.7 Å². The van der Waals surface area contributed by atoms with Gasteiger partial charge < -0.3 is 5.32 Å². The van der Waals surface area contributed by atoms with Gasteiger partial charge in [-0.25, -0.2) is 9.07 Å². The highest BCUT2D eigenvalue weighted by atomic mass is 35.5. The lowest BCUT2D eigenvalue weighted by Gasteiger charge is -2.09. The van der Waals surface area contributed by atoms with Gasteiger partial charge in [-0.05, 0) is 43.7 Å². The molecule has 2 aromatic carbocycles. The molecule has 0 radical (unpaired) electrons. The first-order chi connectivity index (χ1) is 11.5. The predicted molar refractivity (Wildman–Crippen MR) is 92.4 cm³/mol. The van der Waals surface area contributed by atoms with Gasteiger partial charge in [0, 0.05) is 0 Å². The number of hydrogen-bond acceptors (Lipinski definition) is 2. The van der Waals surface area contributed by atoms with Gasteiger partial charge >= 0.3 is 0 Å². The van der Waals surface area contributed by atoms with Crippen LogP contribution in [0.4, 0.5) is 10.1 Å². The molecule has 0 saturated heterocycles. The molecule has 1 heterocycles. The number of rotatable bonds is 3. The standard InChI is InChI=1S/C18H15ClFN3O/c1-11-7-8-16(14(19)9-11)22-18(24)13-10-21-23(12(13)2)17-6-4-3-5-15(17)20/h3-10H,1-2H3,(H,22,24). The van der Waals surface area contributed by atoms with E-state index in [0.29, 0.717) is 27.7 Å². The Bertz CT molecular complexity index is 920. The monoisotopic (exact) mass is 343 g/mol. The third kappa shape index (κ3) is 3.03. The second-order valence-corrected chi connectivity index (χ2v) is 5.85. The number of nitrogens with one attached hydrogen (secondary N) is 1. The van der Waals surface area contributed by atoms with Crippen molar-refractivity contribution in [1.29, 1.82) is 0 Å². The molecule has 24 heavy (non-hydrogen) atoms. The zero-order chi connectivity index (χ0) is 17.3. The van der Waals surface area contributed by atoms with Crippen LogP contribution in [0.25, 0.3) is 5.69 Å². The van der Waals surface area contributed by atoms with E-state index in [1.165, 1.54) is 16.9 Å². The fourth-order valence-electron chi connectivity index (χ4n) is 2.41. The Labute approximate surface area is 143 Å². The number of nitrogens with zero attached hydrogens (tertiary/aromatic N) is 2. The van der Waals surface area contributed by atoms with Gasteiger partial charge in [-0.1, -0.05) is 29.8 Å². The largest absolute Gasteiger partial charge is 0.321 e. The molecular formula is C18H15ClFN3O. The Hall–Kier alpha value is -2.66. The van der Waals surface area contributed by atoms with Gasteiger partial charge in [-0.2, -0.15) is 5.10 Å². The fourth-order valence-corrected chi connectivity index (χ4v) is 2.69. The van der Waals surface area contributed by atoms with Gasteiger partial charge in [0.1, 0.15) is 11.5 Å². The average Bonchev–Trinajstić information content (AvgIpc) is 2.92. The highest BCUT2D eigenvalue weighted by molar-refractivity contribution is 6.34. The Morgan fingerprint density at radius 3 is 2.67 bits per heavy atom. The van der Waals surface area contributed by atoms with Crippen LogP contribution in [0.1, 0.15) is 21.6 Å². The molecule has 1 aromatic heterocycles. The van der Waals surface area contributed by atoms with Crippen LogP contribution >= 0.6 is 11.6 Å². The molecule has 0 saturated carbocycles. The lowest BCUT2D eigenvalue weighted by molar-refractivity contribution is 0.102. The molecule has 4 nitrogen and oxygen atoms in total. The highest BCUT2D eigenvalue weighted by Gasteiger charge is 2.17. The van der Waals surface area contributed by atoms with Crippen LogP contribution in [0.2, 0.25) is 5.02 Å². The summed E-state index contributed by atoms with van der Waals surface area (Å²) in [5, 5.41) is 7.35. The van der Waals surface area contributed by atoms with Crippen molar-refractivity contribution in [2.45, 2.75) is 13.8 Å². The molecule has 1 N–H and O–H groups in total. The molecule has 0 aliphatic heterocycles. The molecule has 0 aliphatic rings. The average molecular weight is 344 g/mol. The molecule has 1 amide bonds. The lowest BCUT2D eigenvalue weighted by atomic mass is 10.2. The molecule has 0 aliphatic carbocycles. The summed E-state index contributed by atoms with van der Waals surface area (Å²) < 4.78 is 15.3. The molecular weight excluding hydrogens is 329 g/mol. The molecule has 122 valence electrons. The van der Waals surface area contributed by atoms with Gasteiger partial charge in [0.2, 0.25) is 0 Å². The molecule has 0 atom stereocenters. The van der Waals surface area contributed by atoms with Gasteiger partial charge in [-0.15, -0.1) is 0 Å². The first-order valence-corrected chi connectivity index (χ1v) is 7.72. The summed E-state index contributed by atoms with van der Waals surface area (Å²) >= 11 is 6.14. The maximum atomic E-state index is 13.9. The van der Waals surface area contributed by atoms with Crippen molar-refractivity contribution in [3.63, 3.8) is 0 Å². The summed E-state index contributed by atoms with van der Waals surface area (Å²) in [7, 11) is 0. The van der Waals surface area contributed by atoms with Gasteiger partial charge in [-0.3, -0.25) is 4.79 Å². The Kier molecular flexibility index (Phi) is 4.36. The zero-order valence-corrected chi connectivity index (χ0v) is 13.9. The topological polar surface area (TPSA) is 46.9 Å². The van der Waals surface area contributed by atoms with Crippen LogP contribution in [0.3, 0.4) is 0 Å². The molecule has 0 bridgehead atoms. The van der Waals surface area contributed by atoms with Crippen molar-refractivity contribution < 1.29 is 9.18 Å². The Morgan fingerprint density at radius 1 is 1.21 bits per heavy atom. The summed E-state index contributed by atoms with van der Waals surface area (Å²) in [5.74, 6) is -0.752. The van der Waals surface area contributed by atoms with Gasteiger partial charge in [0.25, 0.3) is 5.91 Å². The van der Waals surface area contributed by atoms with Crippen molar-refractivity contribution in [3.8, 4) is 5.69 Å². The normalized spacial score (nSPS) is 10.7. The van der Waals surface area contributed by atoms with Crippen molar-refractivity contribution in [1.82, 2.24) is 9.78 Å². The predicted octanol–water partition coefficient (Wildman–Crippen LogP) is 4.53. The number of halogens is 2. The van der Waals surface area contributed by atoms with E-state index >= 15 is 0 Å². The molecule has 6 heteroatoms. The number of aromatic nitrogens is 2. The number of para-hydroxylation sites is 1. The summed E-state index contributed by atoms with van der Waals surface area (Å²) in [6.45, 7) is 3.63. The smallest absolute Gasteiger partial charge is 0.259 e. The second kappa shape index (κ2) is 6.45. The van der Waals surface area contributed by atoms with E-state index < -0.39 is 5.82 Å². The van der Waals surface area contributed by atoms with Crippen molar-refractivity contribution in [3.05, 3.63) is 76.3 Å². The summed E-state index contributed by atoms with van der Waals surface area (Å²) in [5.41, 5.74) is 2.71. The first-order valence-electron chi connectivity index (χ1n) is 7.34. The minimum absolute atomic E-state index is 0.294. The number of carbonyl (C=O) groups is 1. The Balaban J connectivity index is 1.91. The van der Waals surface area contributed by atoms with Crippen molar-refractivity contribution >= 4 is 23.2 Å². The number of amides is 1. The molecule has 3 rings (SSSR count). The van der Waals surface area contributed by atoms with E-state index in [0.717, 1.165) is 5.56 Å². The van der Waals surface area contributed by atoms with E-state index in [-0.39, 0.29) is 5.91 Å². The van der Waals surface area contributed by atoms with E-state index in [2.05, 4.69) is 10.4 Å². The van der Waals surface area contributed by atoms with Crippen molar-refractivity contribution in [2.75, 3.05) is 5.32 Å². The van der Waals surface area contributed by atoms with E-state index in [1.807, 2.05) is 13.0 Å². The maximum Gasteiger partial charge on any atom is 0.259 e. The minimum Gasteiger partial charge on any atom is -0.321 e. The molecule has 0 fully saturated rings. The van der Waals surface area contributed by atoms with E-state index in [1.54, 1.807) is 37.3 Å². The number of aryl methyl sites for hydroxylation is 1. The maximum absolute atomic E-state index is 13.9. The number of benzene rings is 2. The fraction of sp³-hybridized carbons (Fsp3) is 0.111. The Morgan fingerprint density at radius 2 is 1.96 bits per heavy atom. The van der Waals surface area contributed by atoms with Gasteiger partial charge in [0.05, 0.1) is 28.2 Å². The summed E-state index contributed by atoms with van der Waals surface area (Å²) in [4.78, 5) is 12.5. The number of hydrogen-bond donors (Lipinski definition) is 1. The zero-order valence-electron chi connectivity index (χ0n) is 13.2. The lowest BCUT2D eigenvalue weighted by Crippen LogP contribution is -2.13. The van der Waals surface area contributed by atoms with E-state index in [9.17, 15) is 9.18 Å². The number of anilines is 1. The molecule has 0 unspecified atom stereocenters. The van der Waals surface area contributed by atoms with Crippen LogP contribution in [-0.4, -0.2) is 15.7 Å². The van der Waals surface area contributed by atoms with Gasteiger partial charge in [0.15, 0.2) is 0 Å². The molecule has 0 spiro atoms. The van der Waals surface area contributed by atoms with Crippen LogP contribution < -0.4 is 5.32 Å². The first kappa shape index (κ1) is 16.2. The van der Waals surface area contributed by atoms with Crippen molar-refractivity contribution in [2.24, 2.45) is 0 Å². The summed E-state index contributed by atoms with van der Waals surface area (Å²) in [6, 6.07) is 11.6. The minimum atomic E-state index is -0.405. The summed E-state index contributed by atoms with van der Waals surface area (Å²) in [6.07, 6.45) is 1.42. The number of carbonyl (C=O) groups excluding carboxylic acids is 1. The third-order valence-corrected chi connectivity index (χ3v) is 4.02. The highest BCUT2D eigenvalue weighted by Crippen LogP contribution is 2.24. The van der Waals surface area contributed by atoms with E-state index in [4.69, 9.17) is 11.6 Å². The van der Waals surface area contributed by atoms with Crippen LogP contribution in [-0.2, 0) is 0 Å². The molecule has 3 aromatic rings. The SMILES string of the molecule is Cc1ccc(NC(=O)c2cnn(-c3ccccc3F)c2C)c(Cl)c1.